The number of nitrogen functional groups attached to an aromatic ring is 1. The van der Waals surface area contributed by atoms with Crippen LogP contribution in [0.3, 0.4) is 0 Å². The van der Waals surface area contributed by atoms with Crippen LogP contribution in [0.1, 0.15) is 23.0 Å². The Kier molecular flexibility index (Phi) is 4.11. The van der Waals surface area contributed by atoms with Crippen LogP contribution in [0.15, 0.2) is 43.0 Å². The van der Waals surface area contributed by atoms with Crippen LogP contribution >= 0.6 is 0 Å². The average molecular weight is 355 g/mol. The summed E-state index contributed by atoms with van der Waals surface area (Å²) in [7, 11) is 0. The predicted octanol–water partition coefficient (Wildman–Crippen LogP) is 0.301. The zero-order chi connectivity index (χ0) is 18.3. The molecule has 0 radical (unpaired) electrons. The van der Waals surface area contributed by atoms with Crippen molar-refractivity contribution >= 4 is 22.8 Å². The third-order valence-corrected chi connectivity index (χ3v) is 4.47. The summed E-state index contributed by atoms with van der Waals surface area (Å²) in [6.45, 7) is 0. The Labute approximate surface area is 148 Å². The highest BCUT2D eigenvalue weighted by Gasteiger charge is 2.42. The molecule has 134 valence electrons. The Morgan fingerprint density at radius 3 is 2.81 bits per heavy atom. The van der Waals surface area contributed by atoms with Gasteiger partial charge < -0.3 is 20.7 Å². The summed E-state index contributed by atoms with van der Waals surface area (Å²) in [5, 5.41) is 20.7. The van der Waals surface area contributed by atoms with E-state index in [2.05, 4.69) is 15.0 Å². The summed E-state index contributed by atoms with van der Waals surface area (Å²) in [5.41, 5.74) is 7.01. The number of hydrogen-bond acceptors (Lipinski definition) is 8. The summed E-state index contributed by atoms with van der Waals surface area (Å²) in [6, 6.07) is 8.39. The lowest BCUT2D eigenvalue weighted by atomic mass is 9.99. The van der Waals surface area contributed by atoms with Crippen molar-refractivity contribution in [3.63, 3.8) is 0 Å². The van der Waals surface area contributed by atoms with Crippen molar-refractivity contribution in [3.8, 4) is 0 Å². The molecule has 3 aromatic rings. The number of benzene rings is 1. The third-order valence-electron chi connectivity index (χ3n) is 4.47. The van der Waals surface area contributed by atoms with Gasteiger partial charge in [0.2, 0.25) is 0 Å². The van der Waals surface area contributed by atoms with Crippen molar-refractivity contribution < 1.29 is 19.7 Å². The molecule has 26 heavy (non-hydrogen) atoms. The van der Waals surface area contributed by atoms with Crippen molar-refractivity contribution in [2.75, 3.05) is 5.73 Å². The molecule has 1 unspecified atom stereocenters. The molecule has 9 heteroatoms. The van der Waals surface area contributed by atoms with Crippen LogP contribution < -0.4 is 5.73 Å². The van der Waals surface area contributed by atoms with Gasteiger partial charge in [-0.3, -0.25) is 9.36 Å². The molecule has 4 atom stereocenters. The van der Waals surface area contributed by atoms with Crippen LogP contribution in [0.4, 0.5) is 5.82 Å². The van der Waals surface area contributed by atoms with Gasteiger partial charge >= 0.3 is 0 Å². The number of carbonyl (C=O) groups is 1. The molecule has 0 bridgehead atoms. The normalized spacial score (nSPS) is 24.0. The van der Waals surface area contributed by atoms with Gasteiger partial charge in [-0.2, -0.15) is 0 Å². The largest absolute Gasteiger partial charge is 0.390 e. The lowest BCUT2D eigenvalue weighted by Gasteiger charge is -2.20. The van der Waals surface area contributed by atoms with Gasteiger partial charge in [0.05, 0.1) is 12.4 Å². The quantitative estimate of drug-likeness (QED) is 0.569. The molecule has 0 saturated carbocycles. The van der Waals surface area contributed by atoms with E-state index in [0.717, 1.165) is 0 Å². The molecule has 9 nitrogen and oxygen atoms in total. The van der Waals surface area contributed by atoms with Crippen molar-refractivity contribution in [2.45, 2.75) is 31.0 Å². The summed E-state index contributed by atoms with van der Waals surface area (Å²) in [6.07, 6.45) is -1.20. The van der Waals surface area contributed by atoms with E-state index in [4.69, 9.17) is 10.5 Å². The lowest BCUT2D eigenvalue weighted by molar-refractivity contribution is -0.0694. The molecule has 2 aromatic heterocycles. The summed E-state index contributed by atoms with van der Waals surface area (Å²) < 4.78 is 7.38. The van der Waals surface area contributed by atoms with Gasteiger partial charge in [0, 0.05) is 12.0 Å². The number of aliphatic hydroxyl groups is 2. The van der Waals surface area contributed by atoms with Crippen LogP contribution in [-0.2, 0) is 4.74 Å². The second-order valence-corrected chi connectivity index (χ2v) is 6.12. The number of Topliss-reactive ketones (excluding diaryl/α,β-unsaturated/α-hetero) is 1. The van der Waals surface area contributed by atoms with Gasteiger partial charge in [-0.1, -0.05) is 30.3 Å². The van der Waals surface area contributed by atoms with Crippen molar-refractivity contribution in [1.82, 2.24) is 19.5 Å². The molecule has 4 N–H and O–H groups in total. The molecule has 1 aliphatic heterocycles. The summed E-state index contributed by atoms with van der Waals surface area (Å²) in [4.78, 5) is 24.6. The van der Waals surface area contributed by atoms with E-state index in [-0.39, 0.29) is 12.2 Å². The predicted molar refractivity (Wildman–Crippen MR) is 91.0 cm³/mol. The van der Waals surface area contributed by atoms with Crippen LogP contribution in [0.5, 0.6) is 0 Å². The molecule has 3 heterocycles. The maximum atomic E-state index is 12.4. The number of aliphatic hydroxyl groups excluding tert-OH is 2. The zero-order valence-corrected chi connectivity index (χ0v) is 13.6. The number of hydrogen-bond donors (Lipinski definition) is 3. The van der Waals surface area contributed by atoms with E-state index in [1.807, 2.05) is 0 Å². The number of rotatable bonds is 4. The fourth-order valence-corrected chi connectivity index (χ4v) is 3.14. The third kappa shape index (κ3) is 2.71. The molecular formula is C17H17N5O4. The number of ketones is 1. The van der Waals surface area contributed by atoms with Crippen molar-refractivity contribution in [1.29, 1.82) is 0 Å². The van der Waals surface area contributed by atoms with Crippen molar-refractivity contribution in [3.05, 3.63) is 48.5 Å². The van der Waals surface area contributed by atoms with Crippen LogP contribution in [-0.4, -0.2) is 53.8 Å². The minimum absolute atomic E-state index is 0.180. The fraction of sp³-hybridized carbons (Fsp3) is 0.294. The van der Waals surface area contributed by atoms with Gasteiger partial charge in [0.1, 0.15) is 30.3 Å². The first kappa shape index (κ1) is 16.6. The Bertz CT molecular complexity index is 945. The van der Waals surface area contributed by atoms with E-state index < -0.39 is 30.3 Å². The van der Waals surface area contributed by atoms with Gasteiger partial charge in [-0.25, -0.2) is 15.0 Å². The maximum Gasteiger partial charge on any atom is 0.194 e. The van der Waals surface area contributed by atoms with Gasteiger partial charge in [0.25, 0.3) is 0 Å². The number of nitrogens with two attached hydrogens (primary N) is 1. The number of carbonyl (C=O) groups excluding carboxylic acids is 1. The summed E-state index contributed by atoms with van der Waals surface area (Å²) in [5.74, 6) is -0.263. The standard InChI is InChI=1S/C17H17N5O4/c18-16-12-17(20-7-19-16)22(8-21-12)11-6-10(23)15(26-11)14(25)13(24)9-4-2-1-3-5-9/h1-5,7-8,10-11,14-15,23,25H,6H2,(H2,18,19,20)/t10-,11+,14?,15-/m0/s1. The average Bonchev–Trinajstić information content (AvgIpc) is 3.25. The van der Waals surface area contributed by atoms with Gasteiger partial charge in [-0.15, -0.1) is 0 Å². The van der Waals surface area contributed by atoms with E-state index in [1.165, 1.54) is 12.7 Å². The van der Waals surface area contributed by atoms with E-state index in [1.54, 1.807) is 34.9 Å². The smallest absolute Gasteiger partial charge is 0.194 e. The number of nitrogens with zero attached hydrogens (tertiary/aromatic N) is 4. The molecule has 1 saturated heterocycles. The topological polar surface area (TPSA) is 136 Å². The number of fused-ring (bicyclic) bond motifs is 1. The molecule has 0 aliphatic carbocycles. The molecule has 0 amide bonds. The van der Waals surface area contributed by atoms with Crippen molar-refractivity contribution in [2.24, 2.45) is 0 Å². The Hall–Kier alpha value is -2.88. The summed E-state index contributed by atoms with van der Waals surface area (Å²) >= 11 is 0. The second-order valence-electron chi connectivity index (χ2n) is 6.12. The number of ether oxygens (including phenoxy) is 1. The molecule has 1 aliphatic rings. The zero-order valence-electron chi connectivity index (χ0n) is 13.6. The highest BCUT2D eigenvalue weighted by atomic mass is 16.5. The number of aromatic nitrogens is 4. The first-order valence-electron chi connectivity index (χ1n) is 8.10. The molecular weight excluding hydrogens is 338 g/mol. The molecule has 1 aromatic carbocycles. The highest BCUT2D eigenvalue weighted by molar-refractivity contribution is 5.99. The lowest BCUT2D eigenvalue weighted by Crippen LogP contribution is -2.40. The van der Waals surface area contributed by atoms with E-state index >= 15 is 0 Å². The minimum Gasteiger partial charge on any atom is -0.390 e. The van der Waals surface area contributed by atoms with E-state index in [0.29, 0.717) is 16.7 Å². The maximum absolute atomic E-state index is 12.4. The molecule has 1 fully saturated rings. The van der Waals surface area contributed by atoms with E-state index in [9.17, 15) is 15.0 Å². The Balaban J connectivity index is 1.57. The number of imidazole rings is 1. The van der Waals surface area contributed by atoms with Gasteiger partial charge in [0.15, 0.2) is 17.2 Å². The highest BCUT2D eigenvalue weighted by Crippen LogP contribution is 2.33. The molecule has 0 spiro atoms. The van der Waals surface area contributed by atoms with Gasteiger partial charge in [-0.05, 0) is 0 Å². The Morgan fingerprint density at radius 2 is 2.04 bits per heavy atom. The van der Waals surface area contributed by atoms with Crippen LogP contribution in [0.2, 0.25) is 0 Å². The first-order valence-corrected chi connectivity index (χ1v) is 8.10. The molecule has 4 rings (SSSR count). The van der Waals surface area contributed by atoms with Crippen LogP contribution in [0.25, 0.3) is 11.2 Å². The first-order chi connectivity index (χ1) is 12.6. The minimum atomic E-state index is -1.48. The monoisotopic (exact) mass is 355 g/mol. The fourth-order valence-electron chi connectivity index (χ4n) is 3.14. The SMILES string of the molecule is Nc1ncnc2c1ncn2[C@H]1C[C@H](O)[C@@H](C(O)C(=O)c2ccccc2)O1. The number of anilines is 1. The Morgan fingerprint density at radius 1 is 1.27 bits per heavy atom. The van der Waals surface area contributed by atoms with Crippen LogP contribution in [0, 0.1) is 0 Å². The second kappa shape index (κ2) is 6.45.